The molecular formula is C17H20N2O2. The second-order valence-corrected chi connectivity index (χ2v) is 5.66. The van der Waals surface area contributed by atoms with E-state index in [4.69, 9.17) is 0 Å². The summed E-state index contributed by atoms with van der Waals surface area (Å²) in [6.45, 7) is 3.23. The number of likely N-dealkylation sites (tertiary alicyclic amines) is 1. The van der Waals surface area contributed by atoms with Crippen molar-refractivity contribution in [3.05, 3.63) is 42.5 Å². The molecule has 2 aromatic rings. The zero-order chi connectivity index (χ0) is 14.8. The number of benzene rings is 2. The molecule has 4 nitrogen and oxygen atoms in total. The molecule has 1 aliphatic rings. The molecule has 0 saturated carbocycles. The van der Waals surface area contributed by atoms with E-state index in [2.05, 4.69) is 11.4 Å². The molecule has 21 heavy (non-hydrogen) atoms. The summed E-state index contributed by atoms with van der Waals surface area (Å²) in [5, 5.41) is 14.8. The first-order chi connectivity index (χ1) is 10.1. The van der Waals surface area contributed by atoms with E-state index < -0.39 is 0 Å². The predicted octanol–water partition coefficient (Wildman–Crippen LogP) is 2.23. The molecule has 1 aliphatic heterocycles. The summed E-state index contributed by atoms with van der Waals surface area (Å²) in [6.07, 6.45) is 0.439. The van der Waals surface area contributed by atoms with Gasteiger partial charge in [0.15, 0.2) is 0 Å². The SMILES string of the molecule is CC(C(=O)Nc1ccc2ccccc2c1)N1CC[C@H](O)C1. The molecule has 2 aromatic carbocycles. The molecule has 1 heterocycles. The molecule has 1 saturated heterocycles. The third-order valence-corrected chi connectivity index (χ3v) is 4.14. The van der Waals surface area contributed by atoms with Crippen LogP contribution in [0.3, 0.4) is 0 Å². The molecule has 0 aromatic heterocycles. The van der Waals surface area contributed by atoms with Crippen molar-refractivity contribution in [3.8, 4) is 0 Å². The van der Waals surface area contributed by atoms with E-state index in [0.29, 0.717) is 6.54 Å². The highest BCUT2D eigenvalue weighted by Crippen LogP contribution is 2.20. The molecule has 1 unspecified atom stereocenters. The summed E-state index contributed by atoms with van der Waals surface area (Å²) in [5.41, 5.74) is 0.810. The summed E-state index contributed by atoms with van der Waals surface area (Å²) in [7, 11) is 0. The summed E-state index contributed by atoms with van der Waals surface area (Å²) >= 11 is 0. The van der Waals surface area contributed by atoms with Crippen molar-refractivity contribution < 1.29 is 9.90 Å². The monoisotopic (exact) mass is 284 g/mol. The number of hydrogen-bond donors (Lipinski definition) is 2. The lowest BCUT2D eigenvalue weighted by atomic mass is 10.1. The van der Waals surface area contributed by atoms with Gasteiger partial charge in [-0.3, -0.25) is 9.69 Å². The van der Waals surface area contributed by atoms with Gasteiger partial charge in [0.2, 0.25) is 5.91 Å². The lowest BCUT2D eigenvalue weighted by molar-refractivity contribution is -0.120. The third-order valence-electron chi connectivity index (χ3n) is 4.14. The molecule has 3 rings (SSSR count). The van der Waals surface area contributed by atoms with E-state index in [0.717, 1.165) is 29.4 Å². The van der Waals surface area contributed by atoms with Crippen LogP contribution in [0.5, 0.6) is 0 Å². The van der Waals surface area contributed by atoms with Crippen molar-refractivity contribution in [2.45, 2.75) is 25.5 Å². The topological polar surface area (TPSA) is 52.6 Å². The number of nitrogens with one attached hydrogen (secondary N) is 1. The Labute approximate surface area is 124 Å². The van der Waals surface area contributed by atoms with Crippen molar-refractivity contribution in [1.82, 2.24) is 4.90 Å². The Balaban J connectivity index is 1.70. The van der Waals surface area contributed by atoms with Gasteiger partial charge in [0.1, 0.15) is 0 Å². The van der Waals surface area contributed by atoms with Gasteiger partial charge in [-0.15, -0.1) is 0 Å². The fraction of sp³-hybridized carbons (Fsp3) is 0.353. The second kappa shape index (κ2) is 5.84. The predicted molar refractivity (Wildman–Crippen MR) is 84.2 cm³/mol. The number of aliphatic hydroxyl groups excluding tert-OH is 1. The Morgan fingerprint density at radius 1 is 1.29 bits per heavy atom. The molecule has 2 N–H and O–H groups in total. The molecule has 0 spiro atoms. The maximum Gasteiger partial charge on any atom is 0.241 e. The molecule has 2 atom stereocenters. The maximum atomic E-state index is 12.3. The molecule has 4 heteroatoms. The smallest absolute Gasteiger partial charge is 0.241 e. The highest BCUT2D eigenvalue weighted by molar-refractivity contribution is 5.97. The Morgan fingerprint density at radius 3 is 2.76 bits per heavy atom. The summed E-state index contributed by atoms with van der Waals surface area (Å²) in [4.78, 5) is 14.3. The number of β-amino-alcohol motifs (C(OH)–C–C–N with tert-alkyl or cyclic N) is 1. The average molecular weight is 284 g/mol. The van der Waals surface area contributed by atoms with Crippen LogP contribution in [0.25, 0.3) is 10.8 Å². The van der Waals surface area contributed by atoms with E-state index in [-0.39, 0.29) is 18.1 Å². The van der Waals surface area contributed by atoms with Crippen molar-refractivity contribution >= 4 is 22.4 Å². The Kier molecular flexibility index (Phi) is 3.90. The van der Waals surface area contributed by atoms with Crippen molar-refractivity contribution in [3.63, 3.8) is 0 Å². The molecule has 0 bridgehead atoms. The van der Waals surface area contributed by atoms with Gasteiger partial charge in [0, 0.05) is 18.8 Å². The van der Waals surface area contributed by atoms with Crippen molar-refractivity contribution in [2.24, 2.45) is 0 Å². The van der Waals surface area contributed by atoms with E-state index in [9.17, 15) is 9.90 Å². The first kappa shape index (κ1) is 14.0. The maximum absolute atomic E-state index is 12.3. The number of nitrogens with zero attached hydrogens (tertiary/aromatic N) is 1. The Hall–Kier alpha value is -1.91. The zero-order valence-electron chi connectivity index (χ0n) is 12.1. The van der Waals surface area contributed by atoms with E-state index >= 15 is 0 Å². The number of carbonyl (C=O) groups excluding carboxylic acids is 1. The van der Waals surface area contributed by atoms with Gasteiger partial charge in [-0.2, -0.15) is 0 Å². The van der Waals surface area contributed by atoms with Crippen LogP contribution in [-0.2, 0) is 4.79 Å². The normalized spacial score (nSPS) is 20.6. The summed E-state index contributed by atoms with van der Waals surface area (Å²) < 4.78 is 0. The first-order valence-electron chi connectivity index (χ1n) is 7.35. The third kappa shape index (κ3) is 3.06. The zero-order valence-corrected chi connectivity index (χ0v) is 12.1. The lowest BCUT2D eigenvalue weighted by Crippen LogP contribution is -2.41. The number of carbonyl (C=O) groups is 1. The van der Waals surface area contributed by atoms with Crippen LogP contribution in [0.15, 0.2) is 42.5 Å². The Bertz CT molecular complexity index is 656. The summed E-state index contributed by atoms with van der Waals surface area (Å²) in [5.74, 6) is -0.0284. The van der Waals surface area contributed by atoms with Crippen molar-refractivity contribution in [1.29, 1.82) is 0 Å². The second-order valence-electron chi connectivity index (χ2n) is 5.66. The van der Waals surface area contributed by atoms with Crippen LogP contribution < -0.4 is 5.32 Å². The molecular weight excluding hydrogens is 264 g/mol. The molecule has 1 amide bonds. The number of anilines is 1. The molecule has 110 valence electrons. The standard InChI is InChI=1S/C17H20N2O2/c1-12(19-9-8-16(20)11-19)17(21)18-15-7-6-13-4-2-3-5-14(13)10-15/h2-7,10,12,16,20H,8-9,11H2,1H3,(H,18,21)/t12?,16-/m0/s1. The van der Waals surface area contributed by atoms with Gasteiger partial charge in [0.05, 0.1) is 12.1 Å². The quantitative estimate of drug-likeness (QED) is 0.909. The lowest BCUT2D eigenvalue weighted by Gasteiger charge is -2.22. The van der Waals surface area contributed by atoms with Crippen LogP contribution in [-0.4, -0.2) is 41.1 Å². The average Bonchev–Trinajstić information content (AvgIpc) is 2.93. The van der Waals surface area contributed by atoms with Gasteiger partial charge >= 0.3 is 0 Å². The fourth-order valence-corrected chi connectivity index (χ4v) is 2.80. The number of fused-ring (bicyclic) bond motifs is 1. The van der Waals surface area contributed by atoms with E-state index in [1.165, 1.54) is 0 Å². The molecule has 0 radical (unpaired) electrons. The van der Waals surface area contributed by atoms with Gasteiger partial charge in [0.25, 0.3) is 0 Å². The van der Waals surface area contributed by atoms with Crippen LogP contribution in [0, 0.1) is 0 Å². The van der Waals surface area contributed by atoms with Crippen LogP contribution >= 0.6 is 0 Å². The van der Waals surface area contributed by atoms with Gasteiger partial charge in [-0.25, -0.2) is 0 Å². The van der Waals surface area contributed by atoms with E-state index in [1.54, 1.807) is 0 Å². The fourth-order valence-electron chi connectivity index (χ4n) is 2.80. The highest BCUT2D eigenvalue weighted by Gasteiger charge is 2.28. The summed E-state index contributed by atoms with van der Waals surface area (Å²) in [6, 6.07) is 13.8. The van der Waals surface area contributed by atoms with Gasteiger partial charge in [-0.05, 0) is 36.2 Å². The number of amides is 1. The molecule has 1 fully saturated rings. The minimum absolute atomic E-state index is 0.0284. The van der Waals surface area contributed by atoms with Gasteiger partial charge in [-0.1, -0.05) is 30.3 Å². The number of hydrogen-bond acceptors (Lipinski definition) is 3. The first-order valence-corrected chi connectivity index (χ1v) is 7.35. The van der Waals surface area contributed by atoms with Crippen LogP contribution in [0.4, 0.5) is 5.69 Å². The van der Waals surface area contributed by atoms with Crippen molar-refractivity contribution in [2.75, 3.05) is 18.4 Å². The Morgan fingerprint density at radius 2 is 2.05 bits per heavy atom. The minimum Gasteiger partial charge on any atom is -0.392 e. The minimum atomic E-state index is -0.305. The molecule has 0 aliphatic carbocycles. The van der Waals surface area contributed by atoms with Crippen LogP contribution in [0.2, 0.25) is 0 Å². The highest BCUT2D eigenvalue weighted by atomic mass is 16.3. The van der Waals surface area contributed by atoms with E-state index in [1.807, 2.05) is 48.2 Å². The van der Waals surface area contributed by atoms with Crippen LogP contribution in [0.1, 0.15) is 13.3 Å². The number of aliphatic hydroxyl groups is 1. The van der Waals surface area contributed by atoms with Gasteiger partial charge < -0.3 is 10.4 Å². The largest absolute Gasteiger partial charge is 0.392 e. The number of rotatable bonds is 3.